The van der Waals surface area contributed by atoms with Crippen LogP contribution in [0, 0.1) is 25.2 Å². The number of rotatable bonds is 5. The lowest BCUT2D eigenvalue weighted by Crippen LogP contribution is -2.25. The van der Waals surface area contributed by atoms with E-state index in [1.807, 2.05) is 30.3 Å². The SMILES string of the molecule is Cc1cc(C)c(C#N)c(OCC(=O)N/N=C/c2ccc(Br)cc2)n1. The number of hydrazone groups is 1. The molecule has 1 heterocycles. The molecule has 0 spiro atoms. The molecular weight excluding hydrogens is 372 g/mol. The van der Waals surface area contributed by atoms with Crippen LogP contribution in [0.3, 0.4) is 0 Å². The van der Waals surface area contributed by atoms with Crippen LogP contribution >= 0.6 is 15.9 Å². The van der Waals surface area contributed by atoms with Gasteiger partial charge in [-0.25, -0.2) is 10.4 Å². The fourth-order valence-electron chi connectivity index (χ4n) is 1.94. The van der Waals surface area contributed by atoms with Gasteiger partial charge in [0.05, 0.1) is 6.21 Å². The van der Waals surface area contributed by atoms with E-state index in [-0.39, 0.29) is 12.5 Å². The summed E-state index contributed by atoms with van der Waals surface area (Å²) in [6, 6.07) is 11.3. The highest BCUT2D eigenvalue weighted by Gasteiger charge is 2.11. The van der Waals surface area contributed by atoms with Gasteiger partial charge in [-0.05, 0) is 43.2 Å². The molecule has 2 aromatic rings. The molecule has 0 radical (unpaired) electrons. The van der Waals surface area contributed by atoms with Crippen LogP contribution in [0.4, 0.5) is 0 Å². The van der Waals surface area contributed by atoms with Gasteiger partial charge < -0.3 is 4.74 Å². The Labute approximate surface area is 148 Å². The highest BCUT2D eigenvalue weighted by molar-refractivity contribution is 9.10. The second-order valence-corrected chi connectivity index (χ2v) is 5.92. The van der Waals surface area contributed by atoms with Crippen LogP contribution in [0.1, 0.15) is 22.4 Å². The quantitative estimate of drug-likeness (QED) is 0.631. The maximum absolute atomic E-state index is 11.8. The number of nitrogens with one attached hydrogen (secondary N) is 1. The molecular formula is C17H15BrN4O2. The first kappa shape index (κ1) is 17.6. The lowest BCUT2D eigenvalue weighted by atomic mass is 10.1. The van der Waals surface area contributed by atoms with Crippen molar-refractivity contribution in [1.29, 1.82) is 5.26 Å². The van der Waals surface area contributed by atoms with E-state index in [1.54, 1.807) is 19.9 Å². The number of ether oxygens (including phenoxy) is 1. The number of nitrogens with zero attached hydrogens (tertiary/aromatic N) is 3. The number of nitriles is 1. The second-order valence-electron chi connectivity index (χ2n) is 5.01. The highest BCUT2D eigenvalue weighted by Crippen LogP contribution is 2.19. The molecule has 0 saturated carbocycles. The predicted molar refractivity (Wildman–Crippen MR) is 93.8 cm³/mol. The predicted octanol–water partition coefficient (Wildman–Crippen LogP) is 2.86. The van der Waals surface area contributed by atoms with Gasteiger partial charge in [-0.15, -0.1) is 0 Å². The van der Waals surface area contributed by atoms with Crippen molar-refractivity contribution in [1.82, 2.24) is 10.4 Å². The molecule has 2 rings (SSSR count). The summed E-state index contributed by atoms with van der Waals surface area (Å²) in [5.41, 5.74) is 5.02. The van der Waals surface area contributed by atoms with E-state index in [4.69, 9.17) is 10.00 Å². The van der Waals surface area contributed by atoms with Crippen LogP contribution in [0.15, 0.2) is 39.9 Å². The van der Waals surface area contributed by atoms with E-state index < -0.39 is 5.91 Å². The molecule has 7 heteroatoms. The Balaban J connectivity index is 1.92. The van der Waals surface area contributed by atoms with Gasteiger partial charge in [0.15, 0.2) is 6.61 Å². The Morgan fingerprint density at radius 2 is 2.12 bits per heavy atom. The van der Waals surface area contributed by atoms with Crippen molar-refractivity contribution in [3.05, 3.63) is 57.2 Å². The zero-order valence-electron chi connectivity index (χ0n) is 13.2. The molecule has 122 valence electrons. The highest BCUT2D eigenvalue weighted by atomic mass is 79.9. The number of benzene rings is 1. The number of hydrogen-bond acceptors (Lipinski definition) is 5. The topological polar surface area (TPSA) is 87.4 Å². The molecule has 1 N–H and O–H groups in total. The Hall–Kier alpha value is -2.72. The van der Waals surface area contributed by atoms with Gasteiger partial charge in [-0.1, -0.05) is 28.1 Å². The van der Waals surface area contributed by atoms with Gasteiger partial charge in [-0.2, -0.15) is 10.4 Å². The molecule has 0 aliphatic heterocycles. The summed E-state index contributed by atoms with van der Waals surface area (Å²) in [6.07, 6.45) is 1.53. The summed E-state index contributed by atoms with van der Waals surface area (Å²) in [5.74, 6) is -0.282. The van der Waals surface area contributed by atoms with Gasteiger partial charge in [0.25, 0.3) is 5.91 Å². The minimum Gasteiger partial charge on any atom is -0.467 e. The van der Waals surface area contributed by atoms with Crippen molar-refractivity contribution in [2.24, 2.45) is 5.10 Å². The summed E-state index contributed by atoms with van der Waals surface area (Å²) in [5, 5.41) is 13.0. The number of amides is 1. The van der Waals surface area contributed by atoms with E-state index in [1.165, 1.54) is 6.21 Å². The van der Waals surface area contributed by atoms with Gasteiger partial charge in [0.1, 0.15) is 11.6 Å². The van der Waals surface area contributed by atoms with Gasteiger partial charge in [0, 0.05) is 10.2 Å². The molecule has 1 aromatic carbocycles. The van der Waals surface area contributed by atoms with Crippen LogP contribution in [0.25, 0.3) is 0 Å². The molecule has 24 heavy (non-hydrogen) atoms. The molecule has 1 amide bonds. The summed E-state index contributed by atoms with van der Waals surface area (Å²) >= 11 is 3.34. The molecule has 6 nitrogen and oxygen atoms in total. The summed E-state index contributed by atoms with van der Waals surface area (Å²) < 4.78 is 6.31. The first-order valence-electron chi connectivity index (χ1n) is 7.08. The zero-order valence-corrected chi connectivity index (χ0v) is 14.8. The number of halogens is 1. The number of aromatic nitrogens is 1. The third kappa shape index (κ3) is 4.89. The van der Waals surface area contributed by atoms with Crippen molar-refractivity contribution in [3.8, 4) is 11.9 Å². The van der Waals surface area contributed by atoms with E-state index in [9.17, 15) is 4.79 Å². The summed E-state index contributed by atoms with van der Waals surface area (Å²) in [6.45, 7) is 3.31. The standard InChI is InChI=1S/C17H15BrN4O2/c1-11-7-12(2)21-17(15(11)8-19)24-10-16(23)22-20-9-13-3-5-14(18)6-4-13/h3-7,9H,10H2,1-2H3,(H,22,23)/b20-9+. The van der Waals surface area contributed by atoms with E-state index >= 15 is 0 Å². The first-order valence-corrected chi connectivity index (χ1v) is 7.87. The number of carbonyl (C=O) groups excluding carboxylic acids is 1. The smallest absolute Gasteiger partial charge is 0.278 e. The number of hydrogen-bond donors (Lipinski definition) is 1. The molecule has 0 saturated heterocycles. The van der Waals surface area contributed by atoms with Gasteiger partial charge in [0.2, 0.25) is 5.88 Å². The second kappa shape index (κ2) is 8.22. The molecule has 0 bridgehead atoms. The summed E-state index contributed by atoms with van der Waals surface area (Å²) in [4.78, 5) is 15.9. The van der Waals surface area contributed by atoms with E-state index in [0.717, 1.165) is 21.3 Å². The lowest BCUT2D eigenvalue weighted by Gasteiger charge is -2.08. The molecule has 0 aliphatic rings. The van der Waals surface area contributed by atoms with Crippen molar-refractivity contribution < 1.29 is 9.53 Å². The Kier molecular flexibility index (Phi) is 6.04. The lowest BCUT2D eigenvalue weighted by molar-refractivity contribution is -0.123. The maximum atomic E-state index is 11.8. The van der Waals surface area contributed by atoms with E-state index in [0.29, 0.717) is 5.56 Å². The number of carbonyl (C=O) groups is 1. The zero-order chi connectivity index (χ0) is 17.5. The average molecular weight is 387 g/mol. The molecule has 0 aliphatic carbocycles. The third-order valence-corrected chi connectivity index (χ3v) is 3.56. The Morgan fingerprint density at radius 3 is 2.79 bits per heavy atom. The Morgan fingerprint density at radius 1 is 1.42 bits per heavy atom. The van der Waals surface area contributed by atoms with Crippen LogP contribution in [0.2, 0.25) is 0 Å². The first-order chi connectivity index (χ1) is 11.5. The van der Waals surface area contributed by atoms with Crippen LogP contribution in [0.5, 0.6) is 5.88 Å². The van der Waals surface area contributed by atoms with Gasteiger partial charge in [-0.3, -0.25) is 4.79 Å². The normalized spacial score (nSPS) is 10.4. The molecule has 0 fully saturated rings. The summed E-state index contributed by atoms with van der Waals surface area (Å²) in [7, 11) is 0. The van der Waals surface area contributed by atoms with Crippen molar-refractivity contribution in [3.63, 3.8) is 0 Å². The van der Waals surface area contributed by atoms with Gasteiger partial charge >= 0.3 is 0 Å². The fraction of sp³-hybridized carbons (Fsp3) is 0.176. The third-order valence-electron chi connectivity index (χ3n) is 3.04. The molecule has 1 aromatic heterocycles. The molecule has 0 atom stereocenters. The van der Waals surface area contributed by atoms with Crippen molar-refractivity contribution in [2.45, 2.75) is 13.8 Å². The van der Waals surface area contributed by atoms with Crippen LogP contribution in [-0.2, 0) is 4.79 Å². The Bertz CT molecular complexity index is 811. The monoisotopic (exact) mass is 386 g/mol. The minimum absolute atomic E-state index is 0.155. The number of pyridine rings is 1. The minimum atomic E-state index is -0.437. The maximum Gasteiger partial charge on any atom is 0.278 e. The fourth-order valence-corrected chi connectivity index (χ4v) is 2.20. The van der Waals surface area contributed by atoms with E-state index in [2.05, 4.69) is 31.4 Å². The number of aryl methyl sites for hydroxylation is 2. The van der Waals surface area contributed by atoms with Crippen LogP contribution in [-0.4, -0.2) is 23.7 Å². The largest absolute Gasteiger partial charge is 0.467 e. The average Bonchev–Trinajstić information content (AvgIpc) is 2.54. The molecule has 0 unspecified atom stereocenters. The van der Waals surface area contributed by atoms with Crippen LogP contribution < -0.4 is 10.2 Å². The van der Waals surface area contributed by atoms with Crippen molar-refractivity contribution in [2.75, 3.05) is 6.61 Å². The van der Waals surface area contributed by atoms with Crippen molar-refractivity contribution >= 4 is 28.1 Å².